The van der Waals surface area contributed by atoms with E-state index in [1.807, 2.05) is 0 Å². The first kappa shape index (κ1) is 16.3. The van der Waals surface area contributed by atoms with E-state index in [4.69, 9.17) is 16.3 Å². The summed E-state index contributed by atoms with van der Waals surface area (Å²) < 4.78 is 10.1. The number of hydrogen-bond acceptors (Lipinski definition) is 4. The Bertz CT molecular complexity index is 478. The number of nitrogens with zero attached hydrogens (tertiary/aromatic N) is 1. The predicted molar refractivity (Wildman–Crippen MR) is 75.8 cm³/mol. The smallest absolute Gasteiger partial charge is 0.325 e. The van der Waals surface area contributed by atoms with Crippen LogP contribution in [-0.2, 0) is 14.3 Å². The predicted octanol–water partition coefficient (Wildman–Crippen LogP) is 2.13. The molecule has 0 saturated heterocycles. The van der Waals surface area contributed by atoms with Gasteiger partial charge in [0, 0.05) is 6.54 Å². The van der Waals surface area contributed by atoms with Gasteiger partial charge in [-0.25, -0.2) is 0 Å². The van der Waals surface area contributed by atoms with Gasteiger partial charge in [0.2, 0.25) is 0 Å². The van der Waals surface area contributed by atoms with E-state index in [1.165, 1.54) is 12.0 Å². The van der Waals surface area contributed by atoms with E-state index in [9.17, 15) is 9.59 Å². The molecule has 20 heavy (non-hydrogen) atoms. The van der Waals surface area contributed by atoms with Crippen molar-refractivity contribution in [2.45, 2.75) is 20.0 Å². The van der Waals surface area contributed by atoms with Gasteiger partial charge in [0.15, 0.2) is 6.10 Å². The standard InChI is InChI=1S/C14H18ClNO4/c1-4-16(9-13(17)19-3)14(18)10(2)20-12-8-6-5-7-11(12)15/h5-8,10H,4,9H2,1-3H3. The molecule has 0 heterocycles. The second-order valence-electron chi connectivity index (χ2n) is 4.12. The van der Waals surface area contributed by atoms with Gasteiger partial charge >= 0.3 is 5.97 Å². The Balaban J connectivity index is 2.70. The summed E-state index contributed by atoms with van der Waals surface area (Å²) >= 11 is 5.97. The maximum absolute atomic E-state index is 12.2. The lowest BCUT2D eigenvalue weighted by molar-refractivity contribution is -0.149. The fraction of sp³-hybridized carbons (Fsp3) is 0.429. The Morgan fingerprint density at radius 2 is 2.00 bits per heavy atom. The largest absolute Gasteiger partial charge is 0.479 e. The molecule has 1 amide bonds. The van der Waals surface area contributed by atoms with Gasteiger partial charge in [-0.15, -0.1) is 0 Å². The average Bonchev–Trinajstić information content (AvgIpc) is 2.46. The quantitative estimate of drug-likeness (QED) is 0.755. The molecule has 1 unspecified atom stereocenters. The topological polar surface area (TPSA) is 55.8 Å². The van der Waals surface area contributed by atoms with E-state index < -0.39 is 12.1 Å². The number of methoxy groups -OCH3 is 1. The Labute approximate surface area is 123 Å². The highest BCUT2D eigenvalue weighted by Gasteiger charge is 2.23. The van der Waals surface area contributed by atoms with Crippen LogP contribution in [0.15, 0.2) is 24.3 Å². The molecule has 0 saturated carbocycles. The lowest BCUT2D eigenvalue weighted by Crippen LogP contribution is -2.43. The van der Waals surface area contributed by atoms with Crippen molar-refractivity contribution in [1.29, 1.82) is 0 Å². The van der Waals surface area contributed by atoms with E-state index in [2.05, 4.69) is 4.74 Å². The summed E-state index contributed by atoms with van der Waals surface area (Å²) in [7, 11) is 1.28. The van der Waals surface area contributed by atoms with Crippen LogP contribution < -0.4 is 4.74 Å². The van der Waals surface area contributed by atoms with Crippen molar-refractivity contribution in [3.05, 3.63) is 29.3 Å². The summed E-state index contributed by atoms with van der Waals surface area (Å²) in [6.45, 7) is 3.70. The molecule has 1 aromatic rings. The second-order valence-corrected chi connectivity index (χ2v) is 4.53. The summed E-state index contributed by atoms with van der Waals surface area (Å²) in [6.07, 6.45) is -0.737. The SMILES string of the molecule is CCN(CC(=O)OC)C(=O)C(C)Oc1ccccc1Cl. The van der Waals surface area contributed by atoms with Crippen molar-refractivity contribution < 1.29 is 19.1 Å². The Morgan fingerprint density at radius 3 is 2.55 bits per heavy atom. The third-order valence-corrected chi connectivity index (χ3v) is 3.04. The highest BCUT2D eigenvalue weighted by Crippen LogP contribution is 2.24. The van der Waals surface area contributed by atoms with E-state index >= 15 is 0 Å². The van der Waals surface area contributed by atoms with Gasteiger partial charge in [-0.1, -0.05) is 23.7 Å². The maximum atomic E-state index is 12.2. The van der Waals surface area contributed by atoms with Crippen LogP contribution >= 0.6 is 11.6 Å². The van der Waals surface area contributed by atoms with Gasteiger partial charge in [-0.3, -0.25) is 9.59 Å². The molecule has 0 aliphatic carbocycles. The number of likely N-dealkylation sites (N-methyl/N-ethyl adjacent to an activating group) is 1. The lowest BCUT2D eigenvalue weighted by Gasteiger charge is -2.24. The van der Waals surface area contributed by atoms with Crippen molar-refractivity contribution in [2.24, 2.45) is 0 Å². The summed E-state index contributed by atoms with van der Waals surface area (Å²) in [6, 6.07) is 6.91. The molecular weight excluding hydrogens is 282 g/mol. The van der Waals surface area contributed by atoms with E-state index in [0.29, 0.717) is 17.3 Å². The molecule has 110 valence electrons. The zero-order valence-electron chi connectivity index (χ0n) is 11.8. The number of hydrogen-bond donors (Lipinski definition) is 0. The van der Waals surface area contributed by atoms with E-state index in [1.54, 1.807) is 38.1 Å². The van der Waals surface area contributed by atoms with Crippen LogP contribution in [0, 0.1) is 0 Å². The zero-order chi connectivity index (χ0) is 15.1. The molecule has 0 N–H and O–H groups in total. The van der Waals surface area contributed by atoms with Crippen LogP contribution in [-0.4, -0.2) is 43.1 Å². The molecule has 1 aromatic carbocycles. The number of amides is 1. The molecule has 0 spiro atoms. The minimum atomic E-state index is -0.737. The number of rotatable bonds is 6. The molecule has 6 heteroatoms. The van der Waals surface area contributed by atoms with Gasteiger partial charge in [0.1, 0.15) is 12.3 Å². The number of halogens is 1. The lowest BCUT2D eigenvalue weighted by atomic mass is 10.3. The highest BCUT2D eigenvalue weighted by molar-refractivity contribution is 6.32. The first-order chi connectivity index (χ1) is 9.49. The van der Waals surface area contributed by atoms with Crippen molar-refractivity contribution in [1.82, 2.24) is 4.90 Å². The van der Waals surface area contributed by atoms with Crippen molar-refractivity contribution in [3.63, 3.8) is 0 Å². The Kier molecular flexibility index (Phi) is 6.31. The second kappa shape index (κ2) is 7.75. The van der Waals surface area contributed by atoms with Crippen LogP contribution in [0.4, 0.5) is 0 Å². The molecule has 0 bridgehead atoms. The number of esters is 1. The maximum Gasteiger partial charge on any atom is 0.325 e. The molecule has 5 nitrogen and oxygen atoms in total. The van der Waals surface area contributed by atoms with Crippen LogP contribution in [0.25, 0.3) is 0 Å². The first-order valence-corrected chi connectivity index (χ1v) is 6.64. The minimum absolute atomic E-state index is 0.0952. The van der Waals surface area contributed by atoms with Crippen LogP contribution in [0.1, 0.15) is 13.8 Å². The van der Waals surface area contributed by atoms with Gasteiger partial charge in [0.25, 0.3) is 5.91 Å². The Hall–Kier alpha value is -1.75. The van der Waals surface area contributed by atoms with Crippen molar-refractivity contribution in [2.75, 3.05) is 20.2 Å². The average molecular weight is 300 g/mol. The van der Waals surface area contributed by atoms with Crippen LogP contribution in [0.3, 0.4) is 0 Å². The molecule has 0 fully saturated rings. The molecule has 0 aliphatic rings. The number of benzene rings is 1. The molecule has 0 aromatic heterocycles. The number of carbonyl (C=O) groups excluding carboxylic acids is 2. The summed E-state index contributed by atoms with van der Waals surface area (Å²) in [5, 5.41) is 0.433. The van der Waals surface area contributed by atoms with Crippen molar-refractivity contribution in [3.8, 4) is 5.75 Å². The zero-order valence-corrected chi connectivity index (χ0v) is 12.5. The molecule has 0 aliphatic heterocycles. The van der Waals surface area contributed by atoms with Gasteiger partial charge in [-0.2, -0.15) is 0 Å². The van der Waals surface area contributed by atoms with E-state index in [0.717, 1.165) is 0 Å². The van der Waals surface area contributed by atoms with Crippen LogP contribution in [0.2, 0.25) is 5.02 Å². The molecular formula is C14H18ClNO4. The number of ether oxygens (including phenoxy) is 2. The fourth-order valence-corrected chi connectivity index (χ4v) is 1.78. The molecule has 1 atom stereocenters. The Morgan fingerprint density at radius 1 is 1.35 bits per heavy atom. The monoisotopic (exact) mass is 299 g/mol. The van der Waals surface area contributed by atoms with Gasteiger partial charge < -0.3 is 14.4 Å². The highest BCUT2D eigenvalue weighted by atomic mass is 35.5. The molecule has 1 rings (SSSR count). The normalized spacial score (nSPS) is 11.6. The third kappa shape index (κ3) is 4.42. The summed E-state index contributed by atoms with van der Waals surface area (Å²) in [5.74, 6) is -0.327. The van der Waals surface area contributed by atoms with Crippen molar-refractivity contribution >= 4 is 23.5 Å². The van der Waals surface area contributed by atoms with Crippen LogP contribution in [0.5, 0.6) is 5.75 Å². The first-order valence-electron chi connectivity index (χ1n) is 6.26. The van der Waals surface area contributed by atoms with Gasteiger partial charge in [-0.05, 0) is 26.0 Å². The summed E-state index contributed by atoms with van der Waals surface area (Å²) in [4.78, 5) is 24.8. The van der Waals surface area contributed by atoms with E-state index in [-0.39, 0.29) is 12.5 Å². The number of carbonyl (C=O) groups is 2. The molecule has 0 radical (unpaired) electrons. The van der Waals surface area contributed by atoms with Gasteiger partial charge in [0.05, 0.1) is 12.1 Å². The summed E-state index contributed by atoms with van der Waals surface area (Å²) in [5.41, 5.74) is 0. The third-order valence-electron chi connectivity index (χ3n) is 2.73. The number of para-hydroxylation sites is 1. The fourth-order valence-electron chi connectivity index (χ4n) is 1.60. The minimum Gasteiger partial charge on any atom is -0.479 e.